The van der Waals surface area contributed by atoms with Crippen LogP contribution in [0.3, 0.4) is 0 Å². The van der Waals surface area contributed by atoms with Gasteiger partial charge in [0.05, 0.1) is 22.4 Å². The van der Waals surface area contributed by atoms with Gasteiger partial charge in [-0.3, -0.25) is 0 Å². The number of aromatic nitrogens is 1. The summed E-state index contributed by atoms with van der Waals surface area (Å²) in [6, 6.07) is 69.7. The van der Waals surface area contributed by atoms with Crippen molar-refractivity contribution < 1.29 is 4.42 Å². The molecular formula is C50H32N2O. The van der Waals surface area contributed by atoms with E-state index in [-0.39, 0.29) is 0 Å². The van der Waals surface area contributed by atoms with E-state index in [0.717, 1.165) is 61.2 Å². The molecule has 2 aromatic heterocycles. The van der Waals surface area contributed by atoms with Gasteiger partial charge >= 0.3 is 0 Å². The van der Waals surface area contributed by atoms with E-state index in [2.05, 4.69) is 204 Å². The number of rotatable bonds is 5. The second-order valence-corrected chi connectivity index (χ2v) is 13.7. The Balaban J connectivity index is 1.18. The zero-order valence-corrected chi connectivity index (χ0v) is 28.8. The van der Waals surface area contributed by atoms with Gasteiger partial charge in [0, 0.05) is 54.8 Å². The van der Waals surface area contributed by atoms with E-state index >= 15 is 0 Å². The lowest BCUT2D eigenvalue weighted by molar-refractivity contribution is 0.674. The van der Waals surface area contributed by atoms with Gasteiger partial charge in [-0.15, -0.1) is 0 Å². The van der Waals surface area contributed by atoms with Crippen LogP contribution in [-0.4, -0.2) is 4.57 Å². The molecule has 0 radical (unpaired) electrons. The fourth-order valence-corrected chi connectivity index (χ4v) is 8.42. The third-order valence-electron chi connectivity index (χ3n) is 10.8. The molecule has 248 valence electrons. The van der Waals surface area contributed by atoms with Crippen LogP contribution in [0.1, 0.15) is 0 Å². The predicted molar refractivity (Wildman–Crippen MR) is 223 cm³/mol. The van der Waals surface area contributed by atoms with E-state index in [1.54, 1.807) is 0 Å². The van der Waals surface area contributed by atoms with Crippen LogP contribution in [0.4, 0.5) is 17.1 Å². The minimum atomic E-state index is 0.892. The molecule has 0 aliphatic carbocycles. The molecule has 0 unspecified atom stereocenters. The molecule has 0 fully saturated rings. The third-order valence-corrected chi connectivity index (χ3v) is 10.8. The third kappa shape index (κ3) is 4.54. The summed E-state index contributed by atoms with van der Waals surface area (Å²) in [6.07, 6.45) is 0. The number of para-hydroxylation sites is 4. The number of benzene rings is 9. The van der Waals surface area contributed by atoms with Gasteiger partial charge in [0.1, 0.15) is 11.2 Å². The average molecular weight is 677 g/mol. The molecule has 0 N–H and O–H groups in total. The van der Waals surface area contributed by atoms with E-state index in [1.165, 1.54) is 38.0 Å². The summed E-state index contributed by atoms with van der Waals surface area (Å²) in [5, 5.41) is 9.41. The van der Waals surface area contributed by atoms with Crippen molar-refractivity contribution in [2.75, 3.05) is 4.90 Å². The first-order valence-electron chi connectivity index (χ1n) is 18.1. The lowest BCUT2D eigenvalue weighted by atomic mass is 9.98. The number of hydrogen-bond acceptors (Lipinski definition) is 2. The molecular weight excluding hydrogens is 645 g/mol. The van der Waals surface area contributed by atoms with Gasteiger partial charge in [-0.05, 0) is 59.3 Å². The van der Waals surface area contributed by atoms with Crippen molar-refractivity contribution in [1.82, 2.24) is 4.57 Å². The SMILES string of the molecule is c1cc(N(c2ccccc2-c2cccc3c2oc2c4ccccc4ccc32)c2cccc3ccccc23)cc(-n2c3ccccc3c3ccccc32)c1. The normalized spacial score (nSPS) is 11.8. The molecule has 0 aliphatic heterocycles. The van der Waals surface area contributed by atoms with Crippen molar-refractivity contribution in [3.05, 3.63) is 194 Å². The molecule has 0 spiro atoms. The van der Waals surface area contributed by atoms with Gasteiger partial charge in [0.15, 0.2) is 0 Å². The molecule has 0 saturated heterocycles. The maximum absolute atomic E-state index is 6.90. The van der Waals surface area contributed by atoms with Crippen LogP contribution >= 0.6 is 0 Å². The first-order valence-corrected chi connectivity index (χ1v) is 18.1. The molecule has 11 aromatic rings. The second kappa shape index (κ2) is 11.7. The smallest absolute Gasteiger partial charge is 0.143 e. The molecule has 9 aromatic carbocycles. The van der Waals surface area contributed by atoms with Gasteiger partial charge in [0.2, 0.25) is 0 Å². The molecule has 0 amide bonds. The predicted octanol–water partition coefficient (Wildman–Crippen LogP) is 14.1. The number of nitrogens with zero attached hydrogens (tertiary/aromatic N) is 2. The standard InChI is InChI=1S/C50H32N2O/c1-3-19-37-33(14-1)16-11-29-45(37)51(35-17-12-18-36(32-35)52-46-26-8-5-21-39(46)40-22-6-9-27-47(40)52)48-28-10-7-23-41(48)42-24-13-25-43-44-31-30-34-15-2-4-20-38(34)49(44)53-50(42)43/h1-32H. The lowest BCUT2D eigenvalue weighted by Gasteiger charge is -2.29. The quantitative estimate of drug-likeness (QED) is 0.181. The van der Waals surface area contributed by atoms with Gasteiger partial charge in [-0.2, -0.15) is 0 Å². The summed E-state index contributed by atoms with van der Waals surface area (Å²) < 4.78 is 9.29. The summed E-state index contributed by atoms with van der Waals surface area (Å²) in [5.41, 5.74) is 10.7. The Kier molecular flexibility index (Phi) is 6.55. The van der Waals surface area contributed by atoms with Gasteiger partial charge < -0.3 is 13.9 Å². The van der Waals surface area contributed by atoms with Gasteiger partial charge in [-0.25, -0.2) is 0 Å². The van der Waals surface area contributed by atoms with Crippen molar-refractivity contribution in [2.24, 2.45) is 0 Å². The summed E-state index contributed by atoms with van der Waals surface area (Å²) in [5.74, 6) is 0. The molecule has 3 heteroatoms. The minimum absolute atomic E-state index is 0.892. The van der Waals surface area contributed by atoms with Crippen molar-refractivity contribution in [2.45, 2.75) is 0 Å². The Labute approximate surface area is 306 Å². The largest absolute Gasteiger partial charge is 0.455 e. The van der Waals surface area contributed by atoms with E-state index in [1.807, 2.05) is 0 Å². The first kappa shape index (κ1) is 29.6. The van der Waals surface area contributed by atoms with Crippen LogP contribution in [0.5, 0.6) is 0 Å². The van der Waals surface area contributed by atoms with Crippen molar-refractivity contribution in [3.63, 3.8) is 0 Å². The van der Waals surface area contributed by atoms with E-state index in [9.17, 15) is 0 Å². The molecule has 0 saturated carbocycles. The van der Waals surface area contributed by atoms with Crippen molar-refractivity contribution >= 4 is 82.4 Å². The first-order chi connectivity index (χ1) is 26.3. The molecule has 0 aliphatic rings. The molecule has 11 rings (SSSR count). The molecule has 2 heterocycles. The van der Waals surface area contributed by atoms with Crippen LogP contribution in [0.2, 0.25) is 0 Å². The summed E-state index contributed by atoms with van der Waals surface area (Å²) in [7, 11) is 0. The van der Waals surface area contributed by atoms with Gasteiger partial charge in [-0.1, -0.05) is 146 Å². The number of hydrogen-bond donors (Lipinski definition) is 0. The van der Waals surface area contributed by atoms with Crippen molar-refractivity contribution in [1.29, 1.82) is 0 Å². The molecule has 0 bridgehead atoms. The summed E-state index contributed by atoms with van der Waals surface area (Å²) in [6.45, 7) is 0. The molecule has 0 atom stereocenters. The maximum atomic E-state index is 6.90. The fourth-order valence-electron chi connectivity index (χ4n) is 8.42. The average Bonchev–Trinajstić information content (AvgIpc) is 3.78. The number of fused-ring (bicyclic) bond motifs is 9. The van der Waals surface area contributed by atoms with Crippen molar-refractivity contribution in [3.8, 4) is 16.8 Å². The van der Waals surface area contributed by atoms with Crippen LogP contribution in [0, 0.1) is 0 Å². The van der Waals surface area contributed by atoms with E-state index < -0.39 is 0 Å². The molecule has 53 heavy (non-hydrogen) atoms. The number of furan rings is 1. The summed E-state index contributed by atoms with van der Waals surface area (Å²) in [4.78, 5) is 2.42. The Bertz CT molecular complexity index is 3140. The highest BCUT2D eigenvalue weighted by molar-refractivity contribution is 6.18. The highest BCUT2D eigenvalue weighted by Gasteiger charge is 2.23. The van der Waals surface area contributed by atoms with Crippen LogP contribution in [0.15, 0.2) is 199 Å². The maximum Gasteiger partial charge on any atom is 0.143 e. The minimum Gasteiger partial charge on any atom is -0.455 e. The lowest BCUT2D eigenvalue weighted by Crippen LogP contribution is -2.12. The number of anilines is 3. The fraction of sp³-hybridized carbons (Fsp3) is 0. The monoisotopic (exact) mass is 676 g/mol. The molecule has 3 nitrogen and oxygen atoms in total. The zero-order chi connectivity index (χ0) is 34.9. The zero-order valence-electron chi connectivity index (χ0n) is 28.8. The Morgan fingerprint density at radius 1 is 0.358 bits per heavy atom. The highest BCUT2D eigenvalue weighted by Crippen LogP contribution is 2.47. The van der Waals surface area contributed by atoms with E-state index in [0.29, 0.717) is 0 Å². The summed E-state index contributed by atoms with van der Waals surface area (Å²) >= 11 is 0. The van der Waals surface area contributed by atoms with Crippen LogP contribution in [-0.2, 0) is 0 Å². The van der Waals surface area contributed by atoms with Gasteiger partial charge in [0.25, 0.3) is 0 Å². The second-order valence-electron chi connectivity index (χ2n) is 13.7. The van der Waals surface area contributed by atoms with Crippen LogP contribution in [0.25, 0.3) is 82.1 Å². The Hall–Kier alpha value is -7.10. The van der Waals surface area contributed by atoms with Crippen LogP contribution < -0.4 is 4.90 Å². The highest BCUT2D eigenvalue weighted by atomic mass is 16.3. The topological polar surface area (TPSA) is 21.3 Å². The Morgan fingerprint density at radius 3 is 1.72 bits per heavy atom. The van der Waals surface area contributed by atoms with E-state index in [4.69, 9.17) is 4.42 Å². The Morgan fingerprint density at radius 2 is 0.906 bits per heavy atom.